The molecule has 2 aromatic rings. The first-order chi connectivity index (χ1) is 13.3. The number of hydrogen-bond donors (Lipinski definition) is 0. The maximum Gasteiger partial charge on any atom is 0.258 e. The molecule has 2 amide bonds. The molecule has 0 aliphatic carbocycles. The van der Waals surface area contributed by atoms with Crippen molar-refractivity contribution in [1.29, 1.82) is 0 Å². The lowest BCUT2D eigenvalue weighted by molar-refractivity contribution is -0.134. The van der Waals surface area contributed by atoms with Gasteiger partial charge in [0, 0.05) is 33.1 Å². The van der Waals surface area contributed by atoms with E-state index in [4.69, 9.17) is 11.6 Å². The van der Waals surface area contributed by atoms with Crippen molar-refractivity contribution in [2.75, 3.05) is 27.2 Å². The number of aryl methyl sites for hydroxylation is 2. The van der Waals surface area contributed by atoms with Crippen LogP contribution in [0.25, 0.3) is 0 Å². The van der Waals surface area contributed by atoms with E-state index >= 15 is 0 Å². The standard InChI is InChI=1S/C21H27ClN4O2/c1-14-5-7-16(8-6-14)13-26-19(22)18(15(2)23-26)21(28)25-11-9-17(10-12-25)20(27)24(3)4/h5-8,17H,9-13H2,1-4H3. The second kappa shape index (κ2) is 8.35. The van der Waals surface area contributed by atoms with Crippen molar-refractivity contribution in [3.63, 3.8) is 0 Å². The quantitative estimate of drug-likeness (QED) is 0.789. The molecule has 1 aliphatic heterocycles. The molecule has 1 aliphatic rings. The first kappa shape index (κ1) is 20.4. The number of nitrogens with zero attached hydrogens (tertiary/aromatic N) is 4. The fraction of sp³-hybridized carbons (Fsp3) is 0.476. The molecule has 0 radical (unpaired) electrons. The van der Waals surface area contributed by atoms with Crippen molar-refractivity contribution >= 4 is 23.4 Å². The first-order valence-electron chi connectivity index (χ1n) is 9.56. The predicted octanol–water partition coefficient (Wildman–Crippen LogP) is 3.14. The van der Waals surface area contributed by atoms with Crippen molar-refractivity contribution in [2.24, 2.45) is 5.92 Å². The fourth-order valence-corrected chi connectivity index (χ4v) is 3.94. The fourth-order valence-electron chi connectivity index (χ4n) is 3.62. The zero-order chi connectivity index (χ0) is 20.4. The summed E-state index contributed by atoms with van der Waals surface area (Å²) in [6.45, 7) is 5.49. The molecular weight excluding hydrogens is 376 g/mol. The van der Waals surface area contributed by atoms with E-state index in [0.29, 0.717) is 48.9 Å². The summed E-state index contributed by atoms with van der Waals surface area (Å²) in [4.78, 5) is 28.6. The topological polar surface area (TPSA) is 58.4 Å². The molecule has 6 nitrogen and oxygen atoms in total. The average Bonchev–Trinajstić information content (AvgIpc) is 2.95. The lowest BCUT2D eigenvalue weighted by Gasteiger charge is -2.32. The third kappa shape index (κ3) is 4.22. The molecule has 2 heterocycles. The van der Waals surface area contributed by atoms with Gasteiger partial charge in [-0.05, 0) is 32.3 Å². The van der Waals surface area contributed by atoms with E-state index in [2.05, 4.69) is 5.10 Å². The Labute approximate surface area is 171 Å². The Bertz CT molecular complexity index is 865. The van der Waals surface area contributed by atoms with E-state index in [-0.39, 0.29) is 17.7 Å². The van der Waals surface area contributed by atoms with Gasteiger partial charge in [0.25, 0.3) is 5.91 Å². The molecule has 1 aromatic carbocycles. The Balaban J connectivity index is 1.72. The van der Waals surface area contributed by atoms with Crippen LogP contribution in [0.15, 0.2) is 24.3 Å². The van der Waals surface area contributed by atoms with Crippen LogP contribution in [-0.4, -0.2) is 58.6 Å². The molecule has 0 spiro atoms. The molecular formula is C21H27ClN4O2. The van der Waals surface area contributed by atoms with Crippen molar-refractivity contribution in [1.82, 2.24) is 19.6 Å². The molecule has 7 heteroatoms. The van der Waals surface area contributed by atoms with Crippen molar-refractivity contribution < 1.29 is 9.59 Å². The summed E-state index contributed by atoms with van der Waals surface area (Å²) in [5, 5.41) is 4.86. The number of carbonyl (C=O) groups is 2. The minimum atomic E-state index is -0.103. The number of halogens is 1. The highest BCUT2D eigenvalue weighted by Crippen LogP contribution is 2.26. The first-order valence-corrected chi connectivity index (χ1v) is 9.94. The van der Waals surface area contributed by atoms with Crippen LogP contribution in [-0.2, 0) is 11.3 Å². The summed E-state index contributed by atoms with van der Waals surface area (Å²) in [5.74, 6) is 0.0144. The maximum absolute atomic E-state index is 13.1. The van der Waals surface area contributed by atoms with Crippen molar-refractivity contribution in [3.05, 3.63) is 51.8 Å². The summed E-state index contributed by atoms with van der Waals surface area (Å²) in [5.41, 5.74) is 3.37. The van der Waals surface area contributed by atoms with Crippen molar-refractivity contribution in [3.8, 4) is 0 Å². The van der Waals surface area contributed by atoms with Gasteiger partial charge < -0.3 is 9.80 Å². The zero-order valence-electron chi connectivity index (χ0n) is 16.9. The SMILES string of the molecule is Cc1ccc(Cn2nc(C)c(C(=O)N3CCC(C(=O)N(C)C)CC3)c2Cl)cc1. The second-order valence-electron chi connectivity index (χ2n) is 7.69. The van der Waals surface area contributed by atoms with Gasteiger partial charge in [-0.25, -0.2) is 4.68 Å². The molecule has 1 aromatic heterocycles. The second-order valence-corrected chi connectivity index (χ2v) is 8.05. The van der Waals surface area contributed by atoms with Gasteiger partial charge in [0.1, 0.15) is 5.15 Å². The molecule has 0 bridgehead atoms. The number of piperidine rings is 1. The summed E-state index contributed by atoms with van der Waals surface area (Å²) in [7, 11) is 3.54. The molecule has 0 saturated carbocycles. The molecule has 3 rings (SSSR count). The Morgan fingerprint density at radius 2 is 1.75 bits per heavy atom. The number of likely N-dealkylation sites (tertiary alicyclic amines) is 1. The molecule has 0 unspecified atom stereocenters. The molecule has 28 heavy (non-hydrogen) atoms. The van der Waals surface area contributed by atoms with Gasteiger partial charge in [-0.15, -0.1) is 0 Å². The smallest absolute Gasteiger partial charge is 0.258 e. The number of rotatable bonds is 4. The largest absolute Gasteiger partial charge is 0.349 e. The third-order valence-electron chi connectivity index (χ3n) is 5.30. The summed E-state index contributed by atoms with van der Waals surface area (Å²) < 4.78 is 1.68. The normalized spacial score (nSPS) is 15.0. The van der Waals surface area contributed by atoms with E-state index in [1.165, 1.54) is 5.56 Å². The number of carbonyl (C=O) groups excluding carboxylic acids is 2. The van der Waals surface area contributed by atoms with Crippen LogP contribution in [0.2, 0.25) is 5.15 Å². The predicted molar refractivity (Wildman–Crippen MR) is 110 cm³/mol. The highest BCUT2D eigenvalue weighted by molar-refractivity contribution is 6.33. The maximum atomic E-state index is 13.1. The van der Waals surface area contributed by atoms with Gasteiger partial charge in [0.05, 0.1) is 17.8 Å². The molecule has 1 fully saturated rings. The van der Waals surface area contributed by atoms with E-state index in [0.717, 1.165) is 5.56 Å². The Morgan fingerprint density at radius 1 is 1.14 bits per heavy atom. The summed E-state index contributed by atoms with van der Waals surface area (Å²) in [6, 6.07) is 8.17. The third-order valence-corrected chi connectivity index (χ3v) is 5.69. The Hall–Kier alpha value is -2.34. The van der Waals surface area contributed by atoms with Crippen LogP contribution in [0.1, 0.15) is 40.0 Å². The minimum Gasteiger partial charge on any atom is -0.349 e. The van der Waals surface area contributed by atoms with Gasteiger partial charge in [0.2, 0.25) is 5.91 Å². The van der Waals surface area contributed by atoms with Gasteiger partial charge in [-0.2, -0.15) is 5.10 Å². The van der Waals surface area contributed by atoms with Crippen LogP contribution in [0.5, 0.6) is 0 Å². The van der Waals surface area contributed by atoms with Gasteiger partial charge in [-0.1, -0.05) is 41.4 Å². The van der Waals surface area contributed by atoms with Gasteiger partial charge >= 0.3 is 0 Å². The molecule has 1 saturated heterocycles. The zero-order valence-corrected chi connectivity index (χ0v) is 17.7. The highest BCUT2D eigenvalue weighted by Gasteiger charge is 2.31. The van der Waals surface area contributed by atoms with Crippen LogP contribution >= 0.6 is 11.6 Å². The van der Waals surface area contributed by atoms with E-state index in [1.54, 1.807) is 28.6 Å². The monoisotopic (exact) mass is 402 g/mol. The van der Waals surface area contributed by atoms with Gasteiger partial charge in [0.15, 0.2) is 0 Å². The van der Waals surface area contributed by atoms with E-state index < -0.39 is 0 Å². The number of aromatic nitrogens is 2. The van der Waals surface area contributed by atoms with Crippen LogP contribution < -0.4 is 0 Å². The lowest BCUT2D eigenvalue weighted by atomic mass is 9.95. The highest BCUT2D eigenvalue weighted by atomic mass is 35.5. The Kier molecular flexibility index (Phi) is 6.08. The summed E-state index contributed by atoms with van der Waals surface area (Å²) >= 11 is 6.54. The van der Waals surface area contributed by atoms with Crippen LogP contribution in [0.4, 0.5) is 0 Å². The molecule has 150 valence electrons. The number of hydrogen-bond acceptors (Lipinski definition) is 3. The number of amides is 2. The molecule has 0 atom stereocenters. The lowest BCUT2D eigenvalue weighted by Crippen LogP contribution is -2.42. The Morgan fingerprint density at radius 3 is 2.32 bits per heavy atom. The van der Waals surface area contributed by atoms with Crippen molar-refractivity contribution in [2.45, 2.75) is 33.2 Å². The molecule has 0 N–H and O–H groups in total. The minimum absolute atomic E-state index is 0.0140. The van der Waals surface area contributed by atoms with E-state index in [9.17, 15) is 9.59 Å². The van der Waals surface area contributed by atoms with Crippen LogP contribution in [0, 0.1) is 19.8 Å². The average molecular weight is 403 g/mol. The van der Waals surface area contributed by atoms with Gasteiger partial charge in [-0.3, -0.25) is 9.59 Å². The number of benzene rings is 1. The van der Waals surface area contributed by atoms with E-state index in [1.807, 2.05) is 38.1 Å². The van der Waals surface area contributed by atoms with Crippen LogP contribution in [0.3, 0.4) is 0 Å². The summed E-state index contributed by atoms with van der Waals surface area (Å²) in [6.07, 6.45) is 1.36.